The Hall–Kier alpha value is -1.43. The van der Waals surface area contributed by atoms with Crippen LogP contribution in [0.1, 0.15) is 17.2 Å². The van der Waals surface area contributed by atoms with Gasteiger partial charge in [0.2, 0.25) is 0 Å². The summed E-state index contributed by atoms with van der Waals surface area (Å²) >= 11 is 0. The molecule has 5 heteroatoms. The lowest BCUT2D eigenvalue weighted by atomic mass is 10.0. The Balaban J connectivity index is 2.89. The van der Waals surface area contributed by atoms with Gasteiger partial charge >= 0.3 is 0 Å². The summed E-state index contributed by atoms with van der Waals surface area (Å²) in [6, 6.07) is 6.69. The second kappa shape index (κ2) is 5.45. The maximum atomic E-state index is 9.64. The van der Waals surface area contributed by atoms with Gasteiger partial charge < -0.3 is 21.2 Å². The zero-order chi connectivity index (χ0) is 11.3. The van der Waals surface area contributed by atoms with Gasteiger partial charge in [-0.05, 0) is 17.2 Å². The van der Waals surface area contributed by atoms with Crippen molar-refractivity contribution < 1.29 is 15.4 Å². The molecule has 15 heavy (non-hydrogen) atoms. The van der Waals surface area contributed by atoms with Crippen LogP contribution in [0.25, 0.3) is 0 Å². The molecular weight excluding hydrogens is 196 g/mol. The highest BCUT2D eigenvalue weighted by atomic mass is 16.4. The zero-order valence-corrected chi connectivity index (χ0v) is 8.11. The second-order valence-corrected chi connectivity index (χ2v) is 3.16. The molecule has 0 amide bonds. The van der Waals surface area contributed by atoms with E-state index in [4.69, 9.17) is 10.9 Å². The average molecular weight is 210 g/mol. The summed E-state index contributed by atoms with van der Waals surface area (Å²) in [5.41, 5.74) is 6.40. The third-order valence-corrected chi connectivity index (χ3v) is 2.06. The zero-order valence-electron chi connectivity index (χ0n) is 8.11. The Kier molecular flexibility index (Phi) is 4.23. The summed E-state index contributed by atoms with van der Waals surface area (Å²) < 4.78 is 0. The third-order valence-electron chi connectivity index (χ3n) is 2.06. The summed E-state index contributed by atoms with van der Waals surface area (Å²) in [6.07, 6.45) is -0.779. The van der Waals surface area contributed by atoms with Gasteiger partial charge in [0.1, 0.15) is 6.10 Å². The van der Waals surface area contributed by atoms with Crippen LogP contribution in [0.3, 0.4) is 0 Å². The predicted molar refractivity (Wildman–Crippen MR) is 55.8 cm³/mol. The van der Waals surface area contributed by atoms with Gasteiger partial charge in [-0.25, -0.2) is 0 Å². The molecule has 0 saturated carbocycles. The molecule has 0 fully saturated rings. The number of nitrogens with two attached hydrogens (primary N) is 1. The van der Waals surface area contributed by atoms with E-state index in [-0.39, 0.29) is 6.54 Å². The third kappa shape index (κ3) is 3.02. The Morgan fingerprint density at radius 3 is 2.73 bits per heavy atom. The largest absolute Gasteiger partial charge is 0.411 e. The van der Waals surface area contributed by atoms with E-state index < -0.39 is 12.2 Å². The van der Waals surface area contributed by atoms with Gasteiger partial charge in [-0.2, -0.15) is 0 Å². The Bertz CT molecular complexity index is 341. The molecule has 1 aromatic rings. The highest BCUT2D eigenvalue weighted by Gasteiger charge is 2.16. The minimum absolute atomic E-state index is 0.0144. The molecule has 0 aliphatic rings. The van der Waals surface area contributed by atoms with Crippen LogP contribution in [0, 0.1) is 0 Å². The van der Waals surface area contributed by atoms with Crippen LogP contribution in [0.5, 0.6) is 0 Å². The number of hydrogen-bond acceptors (Lipinski definition) is 5. The van der Waals surface area contributed by atoms with Crippen molar-refractivity contribution in [2.45, 2.75) is 12.2 Å². The van der Waals surface area contributed by atoms with E-state index in [2.05, 4.69) is 5.16 Å². The van der Waals surface area contributed by atoms with Gasteiger partial charge in [-0.3, -0.25) is 0 Å². The Labute approximate surface area is 87.5 Å². The van der Waals surface area contributed by atoms with Crippen molar-refractivity contribution >= 4 is 6.21 Å². The highest BCUT2D eigenvalue weighted by molar-refractivity contribution is 5.79. The fourth-order valence-corrected chi connectivity index (χ4v) is 1.24. The molecule has 82 valence electrons. The van der Waals surface area contributed by atoms with Crippen molar-refractivity contribution in [1.82, 2.24) is 0 Å². The molecule has 0 spiro atoms. The summed E-state index contributed by atoms with van der Waals surface area (Å²) in [5.74, 6) is 0. The topological polar surface area (TPSA) is 99.1 Å². The minimum atomic E-state index is -1.03. The maximum absolute atomic E-state index is 9.64. The minimum Gasteiger partial charge on any atom is -0.411 e. The van der Waals surface area contributed by atoms with Crippen molar-refractivity contribution in [1.29, 1.82) is 0 Å². The first-order valence-corrected chi connectivity index (χ1v) is 4.52. The van der Waals surface area contributed by atoms with E-state index in [1.54, 1.807) is 24.3 Å². The first-order valence-electron chi connectivity index (χ1n) is 4.52. The fourth-order valence-electron chi connectivity index (χ4n) is 1.24. The van der Waals surface area contributed by atoms with Gasteiger partial charge in [0.25, 0.3) is 0 Å². The summed E-state index contributed by atoms with van der Waals surface area (Å²) in [4.78, 5) is 0. The molecule has 0 aromatic heterocycles. The normalized spacial score (nSPS) is 15.4. The molecule has 2 unspecified atom stereocenters. The second-order valence-electron chi connectivity index (χ2n) is 3.16. The lowest BCUT2D eigenvalue weighted by molar-refractivity contribution is 0.0243. The Morgan fingerprint density at radius 1 is 1.40 bits per heavy atom. The van der Waals surface area contributed by atoms with Crippen molar-refractivity contribution in [3.63, 3.8) is 0 Å². The van der Waals surface area contributed by atoms with Gasteiger partial charge in [0.15, 0.2) is 0 Å². The fraction of sp³-hybridized carbons (Fsp3) is 0.300. The summed E-state index contributed by atoms with van der Waals surface area (Å²) in [5, 5.41) is 30.2. The summed E-state index contributed by atoms with van der Waals surface area (Å²) in [6.45, 7) is -0.0144. The SMILES string of the molecule is NCC(O)C(O)c1cccc(C=NO)c1. The maximum Gasteiger partial charge on any atom is 0.106 e. The molecule has 0 radical (unpaired) electrons. The molecule has 0 aliphatic heterocycles. The molecule has 5 nitrogen and oxygen atoms in total. The monoisotopic (exact) mass is 210 g/mol. The van der Waals surface area contributed by atoms with Crippen molar-refractivity contribution in [2.75, 3.05) is 6.54 Å². The first-order chi connectivity index (χ1) is 7.19. The number of rotatable bonds is 4. The smallest absolute Gasteiger partial charge is 0.106 e. The van der Waals surface area contributed by atoms with Crippen LogP contribution in [-0.4, -0.2) is 34.3 Å². The molecule has 0 bridgehead atoms. The number of oxime groups is 1. The molecule has 1 aromatic carbocycles. The van der Waals surface area contributed by atoms with Crippen LogP contribution in [0.15, 0.2) is 29.4 Å². The van der Waals surface area contributed by atoms with Crippen LogP contribution < -0.4 is 5.73 Å². The summed E-state index contributed by atoms with van der Waals surface area (Å²) in [7, 11) is 0. The van der Waals surface area contributed by atoms with Crippen LogP contribution in [-0.2, 0) is 0 Å². The molecular formula is C10H14N2O3. The van der Waals surface area contributed by atoms with Crippen molar-refractivity contribution in [3.8, 4) is 0 Å². The van der Waals surface area contributed by atoms with Crippen LogP contribution in [0.2, 0.25) is 0 Å². The lowest BCUT2D eigenvalue weighted by Crippen LogP contribution is -2.27. The first kappa shape index (κ1) is 11.6. The van der Waals surface area contributed by atoms with Crippen LogP contribution >= 0.6 is 0 Å². The van der Waals surface area contributed by atoms with E-state index in [1.807, 2.05) is 0 Å². The van der Waals surface area contributed by atoms with Crippen molar-refractivity contribution in [3.05, 3.63) is 35.4 Å². The number of hydrogen-bond donors (Lipinski definition) is 4. The molecule has 2 atom stereocenters. The highest BCUT2D eigenvalue weighted by Crippen LogP contribution is 2.17. The van der Waals surface area contributed by atoms with Gasteiger partial charge in [0, 0.05) is 6.54 Å². The standard InChI is InChI=1S/C10H14N2O3/c11-5-9(13)10(14)8-3-1-2-7(4-8)6-12-15/h1-4,6,9-10,13-15H,5,11H2. The average Bonchev–Trinajstić information content (AvgIpc) is 2.28. The molecule has 0 saturated heterocycles. The number of aliphatic hydroxyl groups excluding tert-OH is 2. The van der Waals surface area contributed by atoms with E-state index in [9.17, 15) is 10.2 Å². The van der Waals surface area contributed by atoms with E-state index in [0.29, 0.717) is 11.1 Å². The molecule has 1 rings (SSSR count). The van der Waals surface area contributed by atoms with Gasteiger partial charge in [-0.1, -0.05) is 23.4 Å². The Morgan fingerprint density at radius 2 is 2.13 bits per heavy atom. The molecule has 5 N–H and O–H groups in total. The van der Waals surface area contributed by atoms with Gasteiger partial charge in [0.05, 0.1) is 12.3 Å². The quantitative estimate of drug-likeness (QED) is 0.315. The van der Waals surface area contributed by atoms with Gasteiger partial charge in [-0.15, -0.1) is 0 Å². The predicted octanol–water partition coefficient (Wildman–Crippen LogP) is -0.152. The van der Waals surface area contributed by atoms with E-state index in [1.165, 1.54) is 6.21 Å². The molecule has 0 aliphatic carbocycles. The number of nitrogens with zero attached hydrogens (tertiary/aromatic N) is 1. The number of benzene rings is 1. The van der Waals surface area contributed by atoms with Crippen molar-refractivity contribution in [2.24, 2.45) is 10.9 Å². The number of aliphatic hydroxyl groups is 2. The van der Waals surface area contributed by atoms with Crippen LogP contribution in [0.4, 0.5) is 0 Å². The van der Waals surface area contributed by atoms with E-state index in [0.717, 1.165) is 0 Å². The lowest BCUT2D eigenvalue weighted by Gasteiger charge is -2.16. The molecule has 0 heterocycles. The van der Waals surface area contributed by atoms with E-state index >= 15 is 0 Å².